The number of urea groups is 1. The number of hydrogen-bond donors (Lipinski definition) is 2. The number of rotatable bonds is 4. The van der Waals surface area contributed by atoms with Crippen molar-refractivity contribution in [3.05, 3.63) is 0 Å². The maximum atomic E-state index is 12.0. The monoisotopic (exact) mass is 243 g/mol. The van der Waals surface area contributed by atoms with Crippen molar-refractivity contribution in [2.75, 3.05) is 40.3 Å². The van der Waals surface area contributed by atoms with Gasteiger partial charge in [-0.25, -0.2) is 4.79 Å². The second kappa shape index (κ2) is 6.44. The first-order valence-corrected chi connectivity index (χ1v) is 5.93. The molecule has 1 fully saturated rings. The number of likely N-dealkylation sites (tertiary alicyclic amines) is 1. The Morgan fingerprint density at radius 1 is 1.53 bits per heavy atom. The lowest BCUT2D eigenvalue weighted by molar-refractivity contribution is -0.143. The van der Waals surface area contributed by atoms with E-state index in [9.17, 15) is 9.59 Å². The standard InChI is InChI=1S/C11H21N3O3/c1-12-5-7-13(2)11(17)14-6-3-4-9(8-14)10(15)16/h9,12H,3-8H2,1-2H3,(H,15,16)/t9-/m1/s1. The number of hydrogen-bond acceptors (Lipinski definition) is 3. The molecule has 0 saturated carbocycles. The molecule has 0 spiro atoms. The molecule has 0 aromatic heterocycles. The highest BCUT2D eigenvalue weighted by Gasteiger charge is 2.29. The molecule has 98 valence electrons. The van der Waals surface area contributed by atoms with Gasteiger partial charge >= 0.3 is 12.0 Å². The highest BCUT2D eigenvalue weighted by Crippen LogP contribution is 2.17. The van der Waals surface area contributed by atoms with Crippen LogP contribution in [0.3, 0.4) is 0 Å². The molecule has 1 heterocycles. The topological polar surface area (TPSA) is 72.9 Å². The SMILES string of the molecule is CNCCN(C)C(=O)N1CCC[C@@H](C(=O)O)C1. The quantitative estimate of drug-likeness (QED) is 0.732. The first kappa shape index (κ1) is 13.8. The molecule has 1 aliphatic heterocycles. The number of carbonyl (C=O) groups excluding carboxylic acids is 1. The van der Waals surface area contributed by atoms with Crippen LogP contribution < -0.4 is 5.32 Å². The summed E-state index contributed by atoms with van der Waals surface area (Å²) < 4.78 is 0. The molecule has 2 amide bonds. The van der Waals surface area contributed by atoms with E-state index >= 15 is 0 Å². The molecule has 0 bridgehead atoms. The third-order valence-corrected chi connectivity index (χ3v) is 3.06. The van der Waals surface area contributed by atoms with Crippen LogP contribution in [0.4, 0.5) is 4.79 Å². The Kier molecular flexibility index (Phi) is 5.21. The van der Waals surface area contributed by atoms with Gasteiger partial charge in [0.15, 0.2) is 0 Å². The van der Waals surface area contributed by atoms with E-state index in [0.717, 1.165) is 13.0 Å². The van der Waals surface area contributed by atoms with Crippen LogP contribution in [0.5, 0.6) is 0 Å². The summed E-state index contributed by atoms with van der Waals surface area (Å²) in [6.45, 7) is 2.35. The van der Waals surface area contributed by atoms with Crippen LogP contribution in [0, 0.1) is 5.92 Å². The van der Waals surface area contributed by atoms with Crippen molar-refractivity contribution >= 4 is 12.0 Å². The molecule has 1 atom stereocenters. The third-order valence-electron chi connectivity index (χ3n) is 3.06. The molecule has 6 nitrogen and oxygen atoms in total. The molecule has 2 N–H and O–H groups in total. The lowest BCUT2D eigenvalue weighted by atomic mass is 9.99. The molecule has 6 heteroatoms. The molecule has 17 heavy (non-hydrogen) atoms. The summed E-state index contributed by atoms with van der Waals surface area (Å²) >= 11 is 0. The fraction of sp³-hybridized carbons (Fsp3) is 0.818. The molecule has 0 aliphatic carbocycles. The minimum atomic E-state index is -0.805. The fourth-order valence-corrected chi connectivity index (χ4v) is 1.97. The summed E-state index contributed by atoms with van der Waals surface area (Å²) in [5.74, 6) is -1.22. The van der Waals surface area contributed by atoms with Crippen LogP contribution in [-0.2, 0) is 4.79 Å². The lowest BCUT2D eigenvalue weighted by Gasteiger charge is -2.33. The Morgan fingerprint density at radius 3 is 2.82 bits per heavy atom. The zero-order valence-electron chi connectivity index (χ0n) is 10.5. The van der Waals surface area contributed by atoms with Gasteiger partial charge in [-0.1, -0.05) is 0 Å². The van der Waals surface area contributed by atoms with E-state index in [4.69, 9.17) is 5.11 Å². The van der Waals surface area contributed by atoms with Crippen molar-refractivity contribution in [1.29, 1.82) is 0 Å². The minimum absolute atomic E-state index is 0.0776. The zero-order chi connectivity index (χ0) is 12.8. The molecule has 0 aromatic rings. The molecule has 1 rings (SSSR count). The van der Waals surface area contributed by atoms with Gasteiger partial charge < -0.3 is 20.2 Å². The van der Waals surface area contributed by atoms with Crippen molar-refractivity contribution < 1.29 is 14.7 Å². The highest BCUT2D eigenvalue weighted by atomic mass is 16.4. The number of carbonyl (C=O) groups is 2. The van der Waals surface area contributed by atoms with Crippen LogP contribution in [0.25, 0.3) is 0 Å². The average molecular weight is 243 g/mol. The molecular formula is C11H21N3O3. The van der Waals surface area contributed by atoms with Crippen molar-refractivity contribution in [1.82, 2.24) is 15.1 Å². The van der Waals surface area contributed by atoms with E-state index < -0.39 is 11.9 Å². The van der Waals surface area contributed by atoms with E-state index in [1.165, 1.54) is 0 Å². The predicted molar refractivity (Wildman–Crippen MR) is 63.9 cm³/mol. The Hall–Kier alpha value is -1.30. The van der Waals surface area contributed by atoms with Crippen molar-refractivity contribution in [3.8, 4) is 0 Å². The van der Waals surface area contributed by atoms with Gasteiger partial charge in [-0.05, 0) is 19.9 Å². The fourth-order valence-electron chi connectivity index (χ4n) is 1.97. The van der Waals surface area contributed by atoms with E-state index in [1.807, 2.05) is 7.05 Å². The largest absolute Gasteiger partial charge is 0.481 e. The van der Waals surface area contributed by atoms with Crippen LogP contribution in [0.2, 0.25) is 0 Å². The van der Waals surface area contributed by atoms with E-state index in [2.05, 4.69) is 5.32 Å². The zero-order valence-corrected chi connectivity index (χ0v) is 10.5. The number of aliphatic carboxylic acids is 1. The van der Waals surface area contributed by atoms with E-state index in [0.29, 0.717) is 26.1 Å². The van der Waals surface area contributed by atoms with Crippen LogP contribution >= 0.6 is 0 Å². The maximum absolute atomic E-state index is 12.0. The van der Waals surface area contributed by atoms with Gasteiger partial charge in [-0.2, -0.15) is 0 Å². The summed E-state index contributed by atoms with van der Waals surface area (Å²) in [6.07, 6.45) is 1.43. The number of nitrogens with zero attached hydrogens (tertiary/aromatic N) is 2. The Labute approximate surface area is 102 Å². The van der Waals surface area contributed by atoms with Gasteiger partial charge in [0.2, 0.25) is 0 Å². The number of piperidine rings is 1. The van der Waals surface area contributed by atoms with E-state index in [1.54, 1.807) is 16.8 Å². The predicted octanol–water partition coefficient (Wildman–Crippen LogP) is 0.0542. The Balaban J connectivity index is 2.48. The summed E-state index contributed by atoms with van der Waals surface area (Å²) in [5.41, 5.74) is 0. The van der Waals surface area contributed by atoms with Gasteiger partial charge in [0.1, 0.15) is 0 Å². The van der Waals surface area contributed by atoms with Crippen LogP contribution in [0.1, 0.15) is 12.8 Å². The van der Waals surface area contributed by atoms with Crippen molar-refractivity contribution in [3.63, 3.8) is 0 Å². The van der Waals surface area contributed by atoms with E-state index in [-0.39, 0.29) is 6.03 Å². The highest BCUT2D eigenvalue weighted by molar-refractivity contribution is 5.76. The van der Waals surface area contributed by atoms with Crippen molar-refractivity contribution in [2.45, 2.75) is 12.8 Å². The second-order valence-electron chi connectivity index (χ2n) is 4.43. The number of nitrogens with one attached hydrogen (secondary N) is 1. The number of likely N-dealkylation sites (N-methyl/N-ethyl adjacent to an activating group) is 2. The molecule has 0 aromatic carbocycles. The summed E-state index contributed by atoms with van der Waals surface area (Å²) in [5, 5.41) is 11.9. The van der Waals surface area contributed by atoms with Gasteiger partial charge in [-0.3, -0.25) is 4.79 Å². The number of carboxylic acids is 1. The minimum Gasteiger partial charge on any atom is -0.481 e. The molecule has 1 saturated heterocycles. The Morgan fingerprint density at radius 2 is 2.24 bits per heavy atom. The second-order valence-corrected chi connectivity index (χ2v) is 4.43. The third kappa shape index (κ3) is 3.89. The van der Waals surface area contributed by atoms with Crippen molar-refractivity contribution in [2.24, 2.45) is 5.92 Å². The van der Waals surface area contributed by atoms with Gasteiger partial charge in [0, 0.05) is 33.2 Å². The lowest BCUT2D eigenvalue weighted by Crippen LogP contribution is -2.48. The van der Waals surface area contributed by atoms with Crippen LogP contribution in [0.15, 0.2) is 0 Å². The maximum Gasteiger partial charge on any atom is 0.319 e. The van der Waals surface area contributed by atoms with Gasteiger partial charge in [0.25, 0.3) is 0 Å². The number of carboxylic acid groups (broad SMARTS) is 1. The first-order valence-electron chi connectivity index (χ1n) is 5.93. The van der Waals surface area contributed by atoms with Gasteiger partial charge in [0.05, 0.1) is 5.92 Å². The molecule has 0 unspecified atom stereocenters. The molecule has 1 aliphatic rings. The Bertz CT molecular complexity index is 283. The first-order chi connectivity index (χ1) is 8.06. The smallest absolute Gasteiger partial charge is 0.319 e. The average Bonchev–Trinajstić information content (AvgIpc) is 2.35. The summed E-state index contributed by atoms with van der Waals surface area (Å²) in [7, 11) is 3.57. The summed E-state index contributed by atoms with van der Waals surface area (Å²) in [6, 6.07) is -0.0776. The van der Waals surface area contributed by atoms with Crippen LogP contribution in [-0.4, -0.2) is 67.2 Å². The normalized spacial score (nSPS) is 20.1. The van der Waals surface area contributed by atoms with Gasteiger partial charge in [-0.15, -0.1) is 0 Å². The number of amides is 2. The summed E-state index contributed by atoms with van der Waals surface area (Å²) in [4.78, 5) is 26.2. The molecule has 0 radical (unpaired) electrons. The molecular weight excluding hydrogens is 222 g/mol.